The van der Waals surface area contributed by atoms with Gasteiger partial charge in [-0.3, -0.25) is 4.79 Å². The molecule has 2 unspecified atom stereocenters. The number of methoxy groups -OCH3 is 1. The summed E-state index contributed by atoms with van der Waals surface area (Å²) >= 11 is 0. The number of hydrogen-bond donors (Lipinski definition) is 1. The van der Waals surface area contributed by atoms with Crippen molar-refractivity contribution in [2.75, 3.05) is 20.3 Å². The number of aliphatic hydroxyl groups is 1. The predicted octanol–water partition coefficient (Wildman–Crippen LogP) is 7.01. The van der Waals surface area contributed by atoms with Gasteiger partial charge in [0.15, 0.2) is 12.6 Å². The number of unbranched alkanes of at least 4 members (excludes halogenated alkanes) is 2. The van der Waals surface area contributed by atoms with Crippen LogP contribution in [0.1, 0.15) is 116 Å². The highest BCUT2D eigenvalue weighted by atomic mass is 16.7. The second-order valence-corrected chi connectivity index (χ2v) is 12.7. The zero-order chi connectivity index (χ0) is 28.9. The van der Waals surface area contributed by atoms with Crippen LogP contribution in [0.15, 0.2) is 24.3 Å². The number of rotatable bonds is 16. The highest BCUT2D eigenvalue weighted by molar-refractivity contribution is 5.69. The van der Waals surface area contributed by atoms with Crippen molar-refractivity contribution in [1.82, 2.24) is 0 Å². The molecule has 2 aliphatic heterocycles. The van der Waals surface area contributed by atoms with Crippen molar-refractivity contribution in [2.24, 2.45) is 17.3 Å². The van der Waals surface area contributed by atoms with Gasteiger partial charge < -0.3 is 28.8 Å². The molecule has 234 valence electrons. The average Bonchev–Trinajstić information content (AvgIpc) is 3.26. The molecule has 0 aromatic carbocycles. The molecule has 4 fully saturated rings. The number of hydrogen-bond acceptors (Lipinski definition) is 7. The van der Waals surface area contributed by atoms with E-state index < -0.39 is 6.10 Å². The third-order valence-corrected chi connectivity index (χ3v) is 9.84. The van der Waals surface area contributed by atoms with Crippen molar-refractivity contribution in [3.8, 4) is 0 Å². The van der Waals surface area contributed by atoms with Crippen molar-refractivity contribution < 1.29 is 33.6 Å². The summed E-state index contributed by atoms with van der Waals surface area (Å²) in [5.74, 6) is -0.0218. The van der Waals surface area contributed by atoms with Gasteiger partial charge in [0.2, 0.25) is 0 Å². The van der Waals surface area contributed by atoms with Crippen molar-refractivity contribution >= 4 is 5.97 Å². The summed E-state index contributed by atoms with van der Waals surface area (Å²) in [6.07, 6.45) is 25.2. The molecule has 1 N–H and O–H groups in total. The van der Waals surface area contributed by atoms with Crippen molar-refractivity contribution in [3.05, 3.63) is 24.3 Å². The van der Waals surface area contributed by atoms with Crippen molar-refractivity contribution in [1.29, 1.82) is 0 Å². The highest BCUT2D eigenvalue weighted by Gasteiger charge is 2.46. The van der Waals surface area contributed by atoms with Gasteiger partial charge in [0.1, 0.15) is 0 Å². The maximum absolute atomic E-state index is 11.4. The van der Waals surface area contributed by atoms with Gasteiger partial charge in [-0.1, -0.05) is 50.5 Å². The normalized spacial score (nSPS) is 32.8. The number of aliphatic hydroxyl groups excluding tert-OH is 1. The zero-order valence-electron chi connectivity index (χ0n) is 25.7. The van der Waals surface area contributed by atoms with E-state index in [0.29, 0.717) is 12.8 Å². The molecule has 2 saturated carbocycles. The summed E-state index contributed by atoms with van der Waals surface area (Å²) in [7, 11) is 1.43. The fraction of sp³-hybridized carbons (Fsp3) is 0.853. The summed E-state index contributed by atoms with van der Waals surface area (Å²) in [6.45, 7) is 3.80. The molecule has 0 aromatic rings. The first kappa shape index (κ1) is 32.7. The molecule has 0 spiro atoms. The molecule has 2 heterocycles. The molecule has 2 aliphatic carbocycles. The minimum atomic E-state index is -0.434. The summed E-state index contributed by atoms with van der Waals surface area (Å²) in [5.41, 5.74) is 0.183. The van der Waals surface area contributed by atoms with Crippen LogP contribution in [0, 0.1) is 17.3 Å². The molecular formula is C34H56O7. The van der Waals surface area contributed by atoms with Crippen LogP contribution < -0.4 is 0 Å². The third-order valence-electron chi connectivity index (χ3n) is 9.84. The number of esters is 1. The monoisotopic (exact) mass is 576 g/mol. The Balaban J connectivity index is 1.48. The average molecular weight is 577 g/mol. The molecular weight excluding hydrogens is 520 g/mol. The summed E-state index contributed by atoms with van der Waals surface area (Å²) in [5, 5.41) is 11.2. The fourth-order valence-corrected chi connectivity index (χ4v) is 7.12. The number of carbonyl (C=O) groups is 1. The van der Waals surface area contributed by atoms with E-state index in [2.05, 4.69) is 31.2 Å². The smallest absolute Gasteiger partial charge is 0.305 e. The molecule has 0 aromatic heterocycles. The van der Waals surface area contributed by atoms with Gasteiger partial charge >= 0.3 is 5.97 Å². The second-order valence-electron chi connectivity index (χ2n) is 12.7. The number of carbonyl (C=O) groups excluding carboxylic acids is 1. The largest absolute Gasteiger partial charge is 0.469 e. The van der Waals surface area contributed by atoms with Gasteiger partial charge in [0, 0.05) is 37.4 Å². The molecule has 7 nitrogen and oxygen atoms in total. The van der Waals surface area contributed by atoms with E-state index in [0.717, 1.165) is 71.0 Å². The van der Waals surface area contributed by atoms with E-state index in [9.17, 15) is 9.90 Å². The minimum absolute atomic E-state index is 0.0183. The van der Waals surface area contributed by atoms with Crippen LogP contribution in [0.5, 0.6) is 0 Å². The quantitative estimate of drug-likeness (QED) is 0.120. The SMILES string of the molecule is CCCCC1([C@@H](/C=C/[C@@H]2[C@@H](C/C=C\CCCC(=O)OC)[C@H](O)C[C@H]2OC2CCCCO2)OC2CCCCO2)CCC1. The Morgan fingerprint density at radius 3 is 2.41 bits per heavy atom. The first-order valence-corrected chi connectivity index (χ1v) is 16.7. The minimum Gasteiger partial charge on any atom is -0.469 e. The van der Waals surface area contributed by atoms with E-state index in [4.69, 9.17) is 23.7 Å². The summed E-state index contributed by atoms with van der Waals surface area (Å²) in [6, 6.07) is 0. The Morgan fingerprint density at radius 1 is 1.02 bits per heavy atom. The zero-order valence-corrected chi connectivity index (χ0v) is 25.7. The van der Waals surface area contributed by atoms with Crippen LogP contribution in [0.25, 0.3) is 0 Å². The number of ether oxygens (including phenoxy) is 5. The first-order valence-electron chi connectivity index (χ1n) is 16.7. The molecule has 4 rings (SSSR count). The predicted molar refractivity (Wildman–Crippen MR) is 159 cm³/mol. The summed E-state index contributed by atoms with van der Waals surface area (Å²) in [4.78, 5) is 11.4. The maximum atomic E-state index is 11.4. The lowest BCUT2D eigenvalue weighted by molar-refractivity contribution is -0.211. The Morgan fingerprint density at radius 2 is 1.78 bits per heavy atom. The van der Waals surface area contributed by atoms with Crippen LogP contribution >= 0.6 is 0 Å². The van der Waals surface area contributed by atoms with Gasteiger partial charge in [-0.05, 0) is 83.0 Å². The van der Waals surface area contributed by atoms with E-state index in [-0.39, 0.29) is 48.0 Å². The van der Waals surface area contributed by atoms with Crippen LogP contribution in [0.3, 0.4) is 0 Å². The van der Waals surface area contributed by atoms with Gasteiger partial charge in [0.25, 0.3) is 0 Å². The van der Waals surface area contributed by atoms with Gasteiger partial charge in [-0.25, -0.2) is 0 Å². The van der Waals surface area contributed by atoms with Crippen LogP contribution in [0.4, 0.5) is 0 Å². The van der Waals surface area contributed by atoms with Crippen LogP contribution in [0.2, 0.25) is 0 Å². The van der Waals surface area contributed by atoms with Gasteiger partial charge in [0.05, 0.1) is 25.4 Å². The second kappa shape index (κ2) is 17.1. The van der Waals surface area contributed by atoms with E-state index in [1.54, 1.807) is 0 Å². The summed E-state index contributed by atoms with van der Waals surface area (Å²) < 4.78 is 30.0. The number of allylic oxidation sites excluding steroid dienone is 2. The molecule has 7 heteroatoms. The Labute approximate surface area is 248 Å². The first-order chi connectivity index (χ1) is 20.0. The van der Waals surface area contributed by atoms with Gasteiger partial charge in [-0.2, -0.15) is 0 Å². The fourth-order valence-electron chi connectivity index (χ4n) is 7.12. The van der Waals surface area contributed by atoms with Crippen LogP contribution in [-0.2, 0) is 28.5 Å². The lowest BCUT2D eigenvalue weighted by Crippen LogP contribution is -2.44. The highest BCUT2D eigenvalue weighted by Crippen LogP contribution is 2.50. The molecule has 4 aliphatic rings. The van der Waals surface area contributed by atoms with Crippen LogP contribution in [-0.4, -0.2) is 62.3 Å². The van der Waals surface area contributed by atoms with E-state index in [1.165, 1.54) is 45.6 Å². The maximum Gasteiger partial charge on any atom is 0.305 e. The topological polar surface area (TPSA) is 83.5 Å². The van der Waals surface area contributed by atoms with E-state index >= 15 is 0 Å². The van der Waals surface area contributed by atoms with Crippen molar-refractivity contribution in [3.63, 3.8) is 0 Å². The molecule has 41 heavy (non-hydrogen) atoms. The standard InChI is InChI=1S/C34H56O7/c1-3-4-20-34(21-13-22-34)30(41-33-17-10-12-24-39-33)19-18-27-26(14-7-5-6-8-15-31(36)37-2)28(35)25-29(27)40-32-16-9-11-23-38-32/h5,7,18-19,26-30,32-33,35H,3-4,6,8-17,20-25H2,1-2H3/b7-5-,19-18+/t26-,27-,28-,29-,30-,32?,33?/m1/s1. The molecule has 0 radical (unpaired) electrons. The van der Waals surface area contributed by atoms with Crippen molar-refractivity contribution in [2.45, 2.75) is 147 Å². The Hall–Kier alpha value is -1.25. The lowest BCUT2D eigenvalue weighted by Gasteiger charge is -2.48. The van der Waals surface area contributed by atoms with E-state index in [1.807, 2.05) is 0 Å². The third kappa shape index (κ3) is 9.62. The molecule has 0 bridgehead atoms. The molecule has 2 saturated heterocycles. The lowest BCUT2D eigenvalue weighted by atomic mass is 9.62. The Kier molecular flexibility index (Phi) is 13.7. The molecule has 0 amide bonds. The van der Waals surface area contributed by atoms with Gasteiger partial charge in [-0.15, -0.1) is 0 Å². The molecule has 7 atom stereocenters. The Bertz CT molecular complexity index is 810.